The number of hydrogen-bond donors (Lipinski definition) is 2. The van der Waals surface area contributed by atoms with Gasteiger partial charge in [-0.3, -0.25) is 14.9 Å². The molecule has 0 aromatic heterocycles. The molecule has 2 N–H and O–H groups in total. The third kappa shape index (κ3) is 4.53. The van der Waals surface area contributed by atoms with Crippen molar-refractivity contribution in [1.82, 2.24) is 15.3 Å². The Kier molecular flexibility index (Phi) is 6.36. The van der Waals surface area contributed by atoms with E-state index in [-0.39, 0.29) is 5.91 Å². The minimum atomic E-state index is -0.418. The minimum Gasteiger partial charge on any atom is -0.301 e. The molecule has 0 radical (unpaired) electrons. The van der Waals surface area contributed by atoms with Crippen LogP contribution in [0.15, 0.2) is 30.3 Å². The number of piperazine rings is 1. The van der Waals surface area contributed by atoms with Crippen molar-refractivity contribution in [2.45, 2.75) is 26.3 Å². The van der Waals surface area contributed by atoms with Crippen molar-refractivity contribution < 1.29 is 10.0 Å². The number of rotatable bonds is 6. The van der Waals surface area contributed by atoms with E-state index in [1.165, 1.54) is 6.42 Å². The Balaban J connectivity index is 1.98. The largest absolute Gasteiger partial charge is 0.301 e. The first-order chi connectivity index (χ1) is 10.6. The Morgan fingerprint density at radius 3 is 2.36 bits per heavy atom. The Morgan fingerprint density at radius 2 is 1.82 bits per heavy atom. The molecule has 5 heteroatoms. The number of hydroxylamine groups is 1. The average Bonchev–Trinajstić information content (AvgIpc) is 2.55. The summed E-state index contributed by atoms with van der Waals surface area (Å²) in [5, 5.41) is 9.06. The molecule has 1 saturated heterocycles. The van der Waals surface area contributed by atoms with Crippen LogP contribution in [-0.4, -0.2) is 53.6 Å². The molecule has 0 saturated carbocycles. The van der Waals surface area contributed by atoms with Crippen molar-refractivity contribution >= 4 is 5.91 Å². The van der Waals surface area contributed by atoms with E-state index in [1.807, 2.05) is 35.8 Å². The fourth-order valence-corrected chi connectivity index (χ4v) is 2.91. The highest BCUT2D eigenvalue weighted by molar-refractivity contribution is 5.82. The molecule has 2 rings (SSSR count). The first-order valence-corrected chi connectivity index (χ1v) is 8.07. The van der Waals surface area contributed by atoms with Gasteiger partial charge in [0.1, 0.15) is 6.04 Å². The van der Waals surface area contributed by atoms with Gasteiger partial charge in [-0.25, -0.2) is 5.48 Å². The molecule has 22 heavy (non-hydrogen) atoms. The first kappa shape index (κ1) is 16.9. The summed E-state index contributed by atoms with van der Waals surface area (Å²) in [6.07, 6.45) is 1.21. The second-order valence-electron chi connectivity index (χ2n) is 6.35. The van der Waals surface area contributed by atoms with E-state index in [4.69, 9.17) is 5.21 Å². The zero-order chi connectivity index (χ0) is 15.9. The van der Waals surface area contributed by atoms with Gasteiger partial charge in [0.2, 0.25) is 0 Å². The molecule has 1 fully saturated rings. The zero-order valence-corrected chi connectivity index (χ0v) is 13.5. The molecule has 1 aromatic rings. The smallest absolute Gasteiger partial charge is 0.265 e. The summed E-state index contributed by atoms with van der Waals surface area (Å²) >= 11 is 0. The lowest BCUT2D eigenvalue weighted by atomic mass is 10.0. The Labute approximate surface area is 132 Å². The van der Waals surface area contributed by atoms with Crippen LogP contribution in [0.3, 0.4) is 0 Å². The molecule has 1 amide bonds. The van der Waals surface area contributed by atoms with Crippen molar-refractivity contribution in [1.29, 1.82) is 0 Å². The van der Waals surface area contributed by atoms with Crippen molar-refractivity contribution in [2.75, 3.05) is 32.7 Å². The maximum absolute atomic E-state index is 12.1. The molecule has 5 nitrogen and oxygen atoms in total. The van der Waals surface area contributed by atoms with E-state index in [0.29, 0.717) is 0 Å². The van der Waals surface area contributed by atoms with Crippen LogP contribution in [0.4, 0.5) is 0 Å². The van der Waals surface area contributed by atoms with Gasteiger partial charge < -0.3 is 4.90 Å². The maximum Gasteiger partial charge on any atom is 0.265 e. The number of nitrogens with zero attached hydrogens (tertiary/aromatic N) is 2. The summed E-state index contributed by atoms with van der Waals surface area (Å²) in [6.45, 7) is 9.22. The summed E-state index contributed by atoms with van der Waals surface area (Å²) in [5.74, 6) is 0.358. The lowest BCUT2D eigenvalue weighted by molar-refractivity contribution is -0.136. The fourth-order valence-electron chi connectivity index (χ4n) is 2.91. The number of nitrogens with one attached hydrogen (secondary N) is 1. The quantitative estimate of drug-likeness (QED) is 0.622. The monoisotopic (exact) mass is 305 g/mol. The van der Waals surface area contributed by atoms with Crippen LogP contribution in [0.5, 0.6) is 0 Å². The van der Waals surface area contributed by atoms with Gasteiger partial charge in [-0.15, -0.1) is 0 Å². The number of carbonyl (C=O) groups is 1. The molecule has 1 heterocycles. The molecule has 0 spiro atoms. The van der Waals surface area contributed by atoms with Gasteiger partial charge in [0.05, 0.1) is 0 Å². The molecule has 122 valence electrons. The van der Waals surface area contributed by atoms with E-state index in [9.17, 15) is 4.79 Å². The van der Waals surface area contributed by atoms with E-state index >= 15 is 0 Å². The lowest BCUT2D eigenvalue weighted by Crippen LogP contribution is -2.50. The second kappa shape index (κ2) is 8.27. The normalized spacial score (nSPS) is 18.4. The van der Waals surface area contributed by atoms with Crippen LogP contribution in [-0.2, 0) is 4.79 Å². The molecular formula is C17H27N3O2. The zero-order valence-electron chi connectivity index (χ0n) is 13.5. The highest BCUT2D eigenvalue weighted by Gasteiger charge is 2.30. The standard InChI is InChI=1S/C17H27N3O2/c1-14(2)8-9-19-10-12-20(13-11-19)16(17(21)18-22)15-6-4-3-5-7-15/h3-7,14,16,22H,8-13H2,1-2H3,(H,18,21). The minimum absolute atomic E-state index is 0.359. The first-order valence-electron chi connectivity index (χ1n) is 8.07. The van der Waals surface area contributed by atoms with Crippen LogP contribution in [0, 0.1) is 5.92 Å². The van der Waals surface area contributed by atoms with Crippen molar-refractivity contribution in [3.8, 4) is 0 Å². The van der Waals surface area contributed by atoms with Crippen molar-refractivity contribution in [3.63, 3.8) is 0 Å². The number of amides is 1. The van der Waals surface area contributed by atoms with Crippen LogP contribution in [0.2, 0.25) is 0 Å². The van der Waals surface area contributed by atoms with Gasteiger partial charge in [-0.1, -0.05) is 44.2 Å². The Morgan fingerprint density at radius 1 is 1.18 bits per heavy atom. The van der Waals surface area contributed by atoms with Crippen LogP contribution in [0.25, 0.3) is 0 Å². The Hall–Kier alpha value is -1.43. The summed E-state index contributed by atoms with van der Waals surface area (Å²) < 4.78 is 0. The predicted octanol–water partition coefficient (Wildman–Crippen LogP) is 1.90. The summed E-state index contributed by atoms with van der Waals surface area (Å²) in [4.78, 5) is 16.7. The van der Waals surface area contributed by atoms with E-state index in [1.54, 1.807) is 0 Å². The molecule has 1 unspecified atom stereocenters. The van der Waals surface area contributed by atoms with Crippen molar-refractivity contribution in [3.05, 3.63) is 35.9 Å². The third-order valence-electron chi connectivity index (χ3n) is 4.27. The number of benzene rings is 1. The Bertz CT molecular complexity index is 456. The van der Waals surface area contributed by atoms with E-state index < -0.39 is 6.04 Å². The second-order valence-corrected chi connectivity index (χ2v) is 6.35. The summed E-state index contributed by atoms with van der Waals surface area (Å²) in [5.41, 5.74) is 2.74. The molecular weight excluding hydrogens is 278 g/mol. The molecule has 0 aliphatic carbocycles. The third-order valence-corrected chi connectivity index (χ3v) is 4.27. The number of hydrogen-bond acceptors (Lipinski definition) is 4. The van der Waals surface area contributed by atoms with Gasteiger partial charge in [-0.05, 0) is 24.4 Å². The van der Waals surface area contributed by atoms with E-state index in [2.05, 4.69) is 23.6 Å². The SMILES string of the molecule is CC(C)CCN1CCN(C(C(=O)NO)c2ccccc2)CC1. The van der Waals surface area contributed by atoms with Gasteiger partial charge in [-0.2, -0.15) is 0 Å². The van der Waals surface area contributed by atoms with Gasteiger partial charge in [0.15, 0.2) is 0 Å². The van der Waals surface area contributed by atoms with Crippen LogP contribution >= 0.6 is 0 Å². The van der Waals surface area contributed by atoms with Crippen LogP contribution < -0.4 is 5.48 Å². The lowest BCUT2D eigenvalue weighted by Gasteiger charge is -2.38. The van der Waals surface area contributed by atoms with Gasteiger partial charge >= 0.3 is 0 Å². The highest BCUT2D eigenvalue weighted by Crippen LogP contribution is 2.22. The summed E-state index contributed by atoms with van der Waals surface area (Å²) in [6, 6.07) is 9.23. The number of carbonyl (C=O) groups excluding carboxylic acids is 1. The average molecular weight is 305 g/mol. The molecule has 1 atom stereocenters. The fraction of sp³-hybridized carbons (Fsp3) is 0.588. The molecule has 1 aromatic carbocycles. The van der Waals surface area contributed by atoms with Crippen molar-refractivity contribution in [2.24, 2.45) is 5.92 Å². The summed E-state index contributed by atoms with van der Waals surface area (Å²) in [7, 11) is 0. The van der Waals surface area contributed by atoms with Gasteiger partial charge in [0.25, 0.3) is 5.91 Å². The van der Waals surface area contributed by atoms with Crippen LogP contribution in [0.1, 0.15) is 31.9 Å². The predicted molar refractivity (Wildman–Crippen MR) is 86.6 cm³/mol. The van der Waals surface area contributed by atoms with E-state index in [0.717, 1.165) is 44.2 Å². The molecule has 0 bridgehead atoms. The van der Waals surface area contributed by atoms with Gasteiger partial charge in [0, 0.05) is 26.2 Å². The highest BCUT2D eigenvalue weighted by atomic mass is 16.5. The molecule has 1 aliphatic heterocycles. The molecule has 1 aliphatic rings. The topological polar surface area (TPSA) is 55.8 Å². The maximum atomic E-state index is 12.1.